The maximum absolute atomic E-state index is 12.9. The Kier molecular flexibility index (Phi) is 5.34. The van der Waals surface area contributed by atoms with Gasteiger partial charge in [-0.05, 0) is 49.9 Å². The number of amides is 2. The summed E-state index contributed by atoms with van der Waals surface area (Å²) < 4.78 is 38.6. The highest BCUT2D eigenvalue weighted by molar-refractivity contribution is 6.40. The molecule has 1 heterocycles. The number of aromatic nitrogens is 1. The number of hydrogen-bond acceptors (Lipinski definition) is 3. The quantitative estimate of drug-likeness (QED) is 0.782. The predicted octanol–water partition coefficient (Wildman–Crippen LogP) is 3.72. The van der Waals surface area contributed by atoms with Crippen LogP contribution in [0.5, 0.6) is 0 Å². The second kappa shape index (κ2) is 7.54. The Morgan fingerprint density at radius 3 is 2.67 bits per heavy atom. The summed E-state index contributed by atoms with van der Waals surface area (Å²) in [5.41, 5.74) is 2.06. The lowest BCUT2D eigenvalue weighted by atomic mass is 9.85. The molecule has 0 aliphatic heterocycles. The first-order valence-corrected chi connectivity index (χ1v) is 8.78. The van der Waals surface area contributed by atoms with Crippen molar-refractivity contribution in [3.63, 3.8) is 0 Å². The van der Waals surface area contributed by atoms with Gasteiger partial charge in [-0.1, -0.05) is 12.5 Å². The molecular formula is C19H20F3N3O2. The Hall–Kier alpha value is -2.64. The number of carbonyl (C=O) groups is 2. The highest BCUT2D eigenvalue weighted by Crippen LogP contribution is 2.37. The molecule has 3 rings (SSSR count). The van der Waals surface area contributed by atoms with Crippen LogP contribution in [-0.4, -0.2) is 29.0 Å². The highest BCUT2D eigenvalue weighted by atomic mass is 19.4. The minimum atomic E-state index is -4.28. The van der Waals surface area contributed by atoms with Crippen molar-refractivity contribution in [2.75, 3.05) is 5.32 Å². The van der Waals surface area contributed by atoms with Gasteiger partial charge in [-0.15, -0.1) is 0 Å². The molecule has 0 spiro atoms. The van der Waals surface area contributed by atoms with E-state index in [0.29, 0.717) is 29.4 Å². The topological polar surface area (TPSA) is 71.1 Å². The van der Waals surface area contributed by atoms with Crippen LogP contribution in [0.15, 0.2) is 30.5 Å². The summed E-state index contributed by atoms with van der Waals surface area (Å²) in [5.74, 6) is -3.27. The third kappa shape index (κ3) is 4.37. The van der Waals surface area contributed by atoms with Gasteiger partial charge < -0.3 is 10.6 Å². The van der Waals surface area contributed by atoms with Crippen LogP contribution < -0.4 is 10.6 Å². The van der Waals surface area contributed by atoms with E-state index in [1.807, 2.05) is 6.92 Å². The number of anilines is 1. The summed E-state index contributed by atoms with van der Waals surface area (Å²) in [6, 6.07) is 6.29. The zero-order chi connectivity index (χ0) is 19.6. The summed E-state index contributed by atoms with van der Waals surface area (Å²) in [5, 5.41) is 5.65. The first kappa shape index (κ1) is 19.1. The lowest BCUT2D eigenvalue weighted by Crippen LogP contribution is -2.45. The molecule has 1 aliphatic rings. The molecule has 2 N–H and O–H groups in total. The number of benzene rings is 1. The Labute approximate surface area is 154 Å². The van der Waals surface area contributed by atoms with E-state index >= 15 is 0 Å². The van der Waals surface area contributed by atoms with Gasteiger partial charge in [0.2, 0.25) is 0 Å². The van der Waals surface area contributed by atoms with Gasteiger partial charge in [0.05, 0.1) is 17.1 Å². The van der Waals surface area contributed by atoms with Crippen molar-refractivity contribution < 1.29 is 22.8 Å². The molecule has 1 saturated carbocycles. The van der Waals surface area contributed by atoms with E-state index in [1.165, 1.54) is 0 Å². The third-order valence-corrected chi connectivity index (χ3v) is 4.90. The smallest absolute Gasteiger partial charge is 0.345 e. The molecule has 1 fully saturated rings. The lowest BCUT2D eigenvalue weighted by Gasteiger charge is -2.30. The van der Waals surface area contributed by atoms with Crippen LogP contribution in [0, 0.1) is 12.8 Å². The van der Waals surface area contributed by atoms with Crippen molar-refractivity contribution in [3.8, 4) is 0 Å². The SMILES string of the molecule is Cc1ccc(NC(=O)C(=O)NC2CCCC(C(F)(F)F)C2)c2cccnc12. The lowest BCUT2D eigenvalue weighted by molar-refractivity contribution is -0.184. The number of fused-ring (bicyclic) bond motifs is 1. The molecule has 144 valence electrons. The Bertz CT molecular complexity index is 867. The Morgan fingerprint density at radius 2 is 1.93 bits per heavy atom. The molecule has 2 atom stereocenters. The Morgan fingerprint density at radius 1 is 1.15 bits per heavy atom. The summed E-state index contributed by atoms with van der Waals surface area (Å²) in [4.78, 5) is 28.6. The van der Waals surface area contributed by atoms with Gasteiger partial charge in [0.1, 0.15) is 0 Å². The molecule has 2 unspecified atom stereocenters. The van der Waals surface area contributed by atoms with Crippen LogP contribution in [0.2, 0.25) is 0 Å². The average molecular weight is 379 g/mol. The number of aryl methyl sites for hydroxylation is 1. The minimum Gasteiger partial charge on any atom is -0.345 e. The maximum Gasteiger partial charge on any atom is 0.391 e. The molecule has 2 amide bonds. The number of pyridine rings is 1. The van der Waals surface area contributed by atoms with Crippen LogP contribution in [-0.2, 0) is 9.59 Å². The molecule has 1 aromatic carbocycles. The molecule has 0 radical (unpaired) electrons. The number of carbonyl (C=O) groups excluding carboxylic acids is 2. The van der Waals surface area contributed by atoms with Gasteiger partial charge in [0.25, 0.3) is 0 Å². The summed E-state index contributed by atoms with van der Waals surface area (Å²) in [6.45, 7) is 1.88. The molecule has 2 aromatic rings. The van der Waals surface area contributed by atoms with Crippen molar-refractivity contribution in [1.82, 2.24) is 10.3 Å². The number of nitrogens with zero attached hydrogens (tertiary/aromatic N) is 1. The molecule has 8 heteroatoms. The first-order chi connectivity index (χ1) is 12.8. The molecule has 0 bridgehead atoms. The number of rotatable bonds is 2. The van der Waals surface area contributed by atoms with Gasteiger partial charge in [0, 0.05) is 17.6 Å². The van der Waals surface area contributed by atoms with Crippen LogP contribution in [0.25, 0.3) is 10.9 Å². The first-order valence-electron chi connectivity index (χ1n) is 8.78. The van der Waals surface area contributed by atoms with Crippen LogP contribution in [0.4, 0.5) is 18.9 Å². The van der Waals surface area contributed by atoms with Gasteiger partial charge in [-0.2, -0.15) is 13.2 Å². The van der Waals surface area contributed by atoms with Crippen molar-refractivity contribution >= 4 is 28.4 Å². The zero-order valence-electron chi connectivity index (χ0n) is 14.8. The van der Waals surface area contributed by atoms with E-state index in [1.54, 1.807) is 30.5 Å². The summed E-state index contributed by atoms with van der Waals surface area (Å²) in [6.07, 6.45) is -1.98. The van der Waals surface area contributed by atoms with E-state index in [2.05, 4.69) is 15.6 Å². The predicted molar refractivity (Wildman–Crippen MR) is 95.1 cm³/mol. The van der Waals surface area contributed by atoms with Crippen molar-refractivity contribution in [2.45, 2.75) is 44.8 Å². The summed E-state index contributed by atoms with van der Waals surface area (Å²) >= 11 is 0. The fourth-order valence-corrected chi connectivity index (χ4v) is 3.47. The average Bonchev–Trinajstić information content (AvgIpc) is 2.63. The van der Waals surface area contributed by atoms with Crippen molar-refractivity contribution in [1.29, 1.82) is 0 Å². The maximum atomic E-state index is 12.9. The molecule has 27 heavy (non-hydrogen) atoms. The standard InChI is InChI=1S/C19H20F3N3O2/c1-11-7-8-15(14-6-3-9-23-16(11)14)25-18(27)17(26)24-13-5-2-4-12(10-13)19(20,21)22/h3,6-9,12-13H,2,4-5,10H2,1H3,(H,24,26)(H,25,27). The van der Waals surface area contributed by atoms with Gasteiger partial charge in [-0.3, -0.25) is 14.6 Å². The second-order valence-corrected chi connectivity index (χ2v) is 6.86. The van der Waals surface area contributed by atoms with Crippen molar-refractivity contribution in [2.24, 2.45) is 5.92 Å². The molecule has 1 aliphatic carbocycles. The molecule has 1 aromatic heterocycles. The third-order valence-electron chi connectivity index (χ3n) is 4.90. The van der Waals surface area contributed by atoms with E-state index in [9.17, 15) is 22.8 Å². The molecule has 0 saturated heterocycles. The van der Waals surface area contributed by atoms with Crippen LogP contribution >= 0.6 is 0 Å². The largest absolute Gasteiger partial charge is 0.391 e. The number of hydrogen-bond donors (Lipinski definition) is 2. The van der Waals surface area contributed by atoms with E-state index in [0.717, 1.165) is 5.56 Å². The highest BCUT2D eigenvalue weighted by Gasteiger charge is 2.42. The fraction of sp³-hybridized carbons (Fsp3) is 0.421. The van der Waals surface area contributed by atoms with E-state index in [4.69, 9.17) is 0 Å². The number of nitrogens with one attached hydrogen (secondary N) is 2. The van der Waals surface area contributed by atoms with Crippen LogP contribution in [0.1, 0.15) is 31.2 Å². The number of alkyl halides is 3. The molecule has 5 nitrogen and oxygen atoms in total. The number of halogens is 3. The molecular weight excluding hydrogens is 359 g/mol. The zero-order valence-corrected chi connectivity index (χ0v) is 14.8. The summed E-state index contributed by atoms with van der Waals surface area (Å²) in [7, 11) is 0. The Balaban J connectivity index is 1.67. The minimum absolute atomic E-state index is 0.0599. The van der Waals surface area contributed by atoms with Gasteiger partial charge >= 0.3 is 18.0 Å². The van der Waals surface area contributed by atoms with E-state index in [-0.39, 0.29) is 12.8 Å². The monoisotopic (exact) mass is 379 g/mol. The van der Waals surface area contributed by atoms with Gasteiger partial charge in [0.15, 0.2) is 0 Å². The van der Waals surface area contributed by atoms with Crippen LogP contribution in [0.3, 0.4) is 0 Å². The second-order valence-electron chi connectivity index (χ2n) is 6.86. The van der Waals surface area contributed by atoms with Gasteiger partial charge in [-0.25, -0.2) is 0 Å². The fourth-order valence-electron chi connectivity index (χ4n) is 3.47. The van der Waals surface area contributed by atoms with Crippen molar-refractivity contribution in [3.05, 3.63) is 36.0 Å². The normalized spacial score (nSPS) is 20.3. The van der Waals surface area contributed by atoms with E-state index < -0.39 is 30.0 Å².